The van der Waals surface area contributed by atoms with Crippen LogP contribution in [0, 0.1) is 0 Å². The number of carbonyl (C=O) groups excluding carboxylic acids is 1. The van der Waals surface area contributed by atoms with Crippen LogP contribution in [0.25, 0.3) is 0 Å². The van der Waals surface area contributed by atoms with Crippen molar-refractivity contribution in [2.45, 2.75) is 32.3 Å². The Bertz CT molecular complexity index is 523. The third-order valence-corrected chi connectivity index (χ3v) is 3.17. The lowest BCUT2D eigenvalue weighted by Gasteiger charge is -2.15. The largest absolute Gasteiger partial charge is 0.491 e. The Morgan fingerprint density at radius 3 is 2.90 bits per heavy atom. The van der Waals surface area contributed by atoms with Crippen LogP contribution in [0.5, 0.6) is 5.75 Å². The minimum Gasteiger partial charge on any atom is -0.491 e. The number of benzene rings is 1. The average molecular weight is 293 g/mol. The summed E-state index contributed by atoms with van der Waals surface area (Å²) in [5.74, 6) is -0.853. The van der Waals surface area contributed by atoms with Crippen molar-refractivity contribution < 1.29 is 24.2 Å². The molecule has 1 fully saturated rings. The zero-order chi connectivity index (χ0) is 15.2. The number of aromatic carboxylic acids is 1. The maximum Gasteiger partial charge on any atom is 0.335 e. The molecule has 1 aliphatic rings. The molecule has 1 aromatic rings. The van der Waals surface area contributed by atoms with E-state index in [-0.39, 0.29) is 11.5 Å². The summed E-state index contributed by atoms with van der Waals surface area (Å²) >= 11 is 0. The first-order valence-corrected chi connectivity index (χ1v) is 7.04. The SMILES string of the molecule is CCCOc1ccc(C(=O)O)cc1NC(=O)C1CCCO1. The molecule has 0 aliphatic carbocycles. The van der Waals surface area contributed by atoms with Crippen molar-refractivity contribution in [1.82, 2.24) is 0 Å². The number of hydrogen-bond donors (Lipinski definition) is 2. The number of hydrogen-bond acceptors (Lipinski definition) is 4. The Kier molecular flexibility index (Phi) is 5.16. The number of amides is 1. The van der Waals surface area contributed by atoms with Crippen LogP contribution in [-0.2, 0) is 9.53 Å². The Morgan fingerprint density at radius 1 is 1.48 bits per heavy atom. The molecule has 1 unspecified atom stereocenters. The van der Waals surface area contributed by atoms with Gasteiger partial charge in [0.2, 0.25) is 0 Å². The highest BCUT2D eigenvalue weighted by Crippen LogP contribution is 2.27. The predicted molar refractivity (Wildman–Crippen MR) is 76.8 cm³/mol. The van der Waals surface area contributed by atoms with E-state index in [0.717, 1.165) is 12.8 Å². The number of carboxylic acids is 1. The molecule has 1 atom stereocenters. The van der Waals surface area contributed by atoms with Gasteiger partial charge in [-0.25, -0.2) is 4.79 Å². The highest BCUT2D eigenvalue weighted by atomic mass is 16.5. The van der Waals surface area contributed by atoms with E-state index in [0.29, 0.717) is 31.1 Å². The first kappa shape index (κ1) is 15.3. The minimum absolute atomic E-state index is 0.0986. The lowest BCUT2D eigenvalue weighted by molar-refractivity contribution is -0.124. The predicted octanol–water partition coefficient (Wildman–Crippen LogP) is 2.29. The van der Waals surface area contributed by atoms with E-state index in [1.54, 1.807) is 6.07 Å². The third-order valence-electron chi connectivity index (χ3n) is 3.17. The zero-order valence-corrected chi connectivity index (χ0v) is 11.9. The van der Waals surface area contributed by atoms with Gasteiger partial charge < -0.3 is 19.9 Å². The molecule has 6 nitrogen and oxygen atoms in total. The van der Waals surface area contributed by atoms with Crippen LogP contribution in [0.1, 0.15) is 36.5 Å². The summed E-state index contributed by atoms with van der Waals surface area (Å²) in [6.45, 7) is 3.04. The van der Waals surface area contributed by atoms with Gasteiger partial charge in [-0.2, -0.15) is 0 Å². The molecular weight excluding hydrogens is 274 g/mol. The van der Waals surface area contributed by atoms with Crippen LogP contribution in [0.15, 0.2) is 18.2 Å². The molecule has 2 N–H and O–H groups in total. The van der Waals surface area contributed by atoms with E-state index in [2.05, 4.69) is 5.32 Å². The quantitative estimate of drug-likeness (QED) is 0.840. The minimum atomic E-state index is -1.05. The number of nitrogens with one attached hydrogen (secondary N) is 1. The molecule has 1 heterocycles. The van der Waals surface area contributed by atoms with E-state index in [4.69, 9.17) is 14.6 Å². The van der Waals surface area contributed by atoms with Gasteiger partial charge in [0.25, 0.3) is 5.91 Å². The maximum atomic E-state index is 12.1. The van der Waals surface area contributed by atoms with Gasteiger partial charge in [0.1, 0.15) is 11.9 Å². The van der Waals surface area contributed by atoms with Gasteiger partial charge in [0, 0.05) is 6.61 Å². The second kappa shape index (κ2) is 7.08. The fraction of sp³-hybridized carbons (Fsp3) is 0.467. The molecule has 0 spiro atoms. The van der Waals surface area contributed by atoms with E-state index in [9.17, 15) is 9.59 Å². The number of carbonyl (C=O) groups is 2. The highest BCUT2D eigenvalue weighted by molar-refractivity contribution is 5.97. The summed E-state index contributed by atoms with van der Waals surface area (Å²) in [4.78, 5) is 23.1. The molecule has 2 rings (SSSR count). The van der Waals surface area contributed by atoms with Crippen molar-refractivity contribution in [2.24, 2.45) is 0 Å². The maximum absolute atomic E-state index is 12.1. The van der Waals surface area contributed by atoms with Crippen molar-refractivity contribution in [3.05, 3.63) is 23.8 Å². The molecule has 1 aliphatic heterocycles. The average Bonchev–Trinajstić information content (AvgIpc) is 3.00. The summed E-state index contributed by atoms with van der Waals surface area (Å²) in [6.07, 6.45) is 1.87. The van der Waals surface area contributed by atoms with Gasteiger partial charge in [0.05, 0.1) is 17.9 Å². The van der Waals surface area contributed by atoms with Gasteiger partial charge in [-0.3, -0.25) is 4.79 Å². The Morgan fingerprint density at radius 2 is 2.29 bits per heavy atom. The van der Waals surface area contributed by atoms with Crippen LogP contribution in [0.2, 0.25) is 0 Å². The molecule has 1 amide bonds. The van der Waals surface area contributed by atoms with Gasteiger partial charge in [0.15, 0.2) is 0 Å². The molecular formula is C15H19NO5. The molecule has 1 saturated heterocycles. The van der Waals surface area contributed by atoms with Crippen molar-refractivity contribution in [3.63, 3.8) is 0 Å². The Labute approximate surface area is 123 Å². The smallest absolute Gasteiger partial charge is 0.335 e. The molecule has 0 saturated carbocycles. The lowest BCUT2D eigenvalue weighted by Crippen LogP contribution is -2.27. The number of ether oxygens (including phenoxy) is 2. The first-order chi connectivity index (χ1) is 10.1. The summed E-state index contributed by atoms with van der Waals surface area (Å²) < 4.78 is 10.9. The molecule has 0 radical (unpaired) electrons. The van der Waals surface area contributed by atoms with Crippen molar-refractivity contribution in [2.75, 3.05) is 18.5 Å². The second-order valence-electron chi connectivity index (χ2n) is 4.86. The van der Waals surface area contributed by atoms with Gasteiger partial charge >= 0.3 is 5.97 Å². The summed E-state index contributed by atoms with van der Waals surface area (Å²) in [5.41, 5.74) is 0.463. The molecule has 0 aromatic heterocycles. The Balaban J connectivity index is 2.18. The normalized spacial score (nSPS) is 17.5. The second-order valence-corrected chi connectivity index (χ2v) is 4.86. The number of rotatable bonds is 6. The highest BCUT2D eigenvalue weighted by Gasteiger charge is 2.24. The fourth-order valence-electron chi connectivity index (χ4n) is 2.10. The van der Waals surface area contributed by atoms with Crippen LogP contribution in [0.3, 0.4) is 0 Å². The van der Waals surface area contributed by atoms with Crippen LogP contribution in [-0.4, -0.2) is 36.3 Å². The topological polar surface area (TPSA) is 84.9 Å². The van der Waals surface area contributed by atoms with Crippen LogP contribution in [0.4, 0.5) is 5.69 Å². The fourth-order valence-corrected chi connectivity index (χ4v) is 2.10. The monoisotopic (exact) mass is 293 g/mol. The van der Waals surface area contributed by atoms with Crippen molar-refractivity contribution in [3.8, 4) is 5.75 Å². The standard InChI is InChI=1S/C15H19NO5/c1-2-7-20-12-6-5-10(15(18)19)9-11(12)16-14(17)13-4-3-8-21-13/h5-6,9,13H,2-4,7-8H2,1H3,(H,16,17)(H,18,19). The third kappa shape index (κ3) is 3.95. The van der Waals surface area contributed by atoms with E-state index in [1.807, 2.05) is 6.92 Å². The molecule has 0 bridgehead atoms. The number of anilines is 1. The van der Waals surface area contributed by atoms with E-state index in [1.165, 1.54) is 12.1 Å². The zero-order valence-electron chi connectivity index (χ0n) is 11.9. The lowest BCUT2D eigenvalue weighted by atomic mass is 10.1. The van der Waals surface area contributed by atoms with Crippen LogP contribution < -0.4 is 10.1 Å². The summed E-state index contributed by atoms with van der Waals surface area (Å²) in [7, 11) is 0. The van der Waals surface area contributed by atoms with Gasteiger partial charge in [-0.1, -0.05) is 6.92 Å². The van der Waals surface area contributed by atoms with Gasteiger partial charge in [-0.15, -0.1) is 0 Å². The Hall–Kier alpha value is -2.08. The van der Waals surface area contributed by atoms with E-state index >= 15 is 0 Å². The van der Waals surface area contributed by atoms with Gasteiger partial charge in [-0.05, 0) is 37.5 Å². The molecule has 114 valence electrons. The summed E-state index contributed by atoms with van der Waals surface area (Å²) in [5, 5.41) is 11.7. The summed E-state index contributed by atoms with van der Waals surface area (Å²) in [6, 6.07) is 4.42. The first-order valence-electron chi connectivity index (χ1n) is 7.04. The van der Waals surface area contributed by atoms with Crippen LogP contribution >= 0.6 is 0 Å². The van der Waals surface area contributed by atoms with Crippen molar-refractivity contribution in [1.29, 1.82) is 0 Å². The molecule has 6 heteroatoms. The van der Waals surface area contributed by atoms with E-state index < -0.39 is 12.1 Å². The number of carboxylic acid groups (broad SMARTS) is 1. The van der Waals surface area contributed by atoms with Crippen molar-refractivity contribution >= 4 is 17.6 Å². The molecule has 1 aromatic carbocycles. The molecule has 21 heavy (non-hydrogen) atoms.